The van der Waals surface area contributed by atoms with E-state index in [0.717, 1.165) is 54.0 Å². The van der Waals surface area contributed by atoms with Crippen LogP contribution in [0.3, 0.4) is 0 Å². The Hall–Kier alpha value is -2.30. The van der Waals surface area contributed by atoms with Crippen LogP contribution >= 0.6 is 0 Å². The third-order valence-corrected chi connectivity index (χ3v) is 5.14. The summed E-state index contributed by atoms with van der Waals surface area (Å²) in [6, 6.07) is 7.88. The Morgan fingerprint density at radius 3 is 2.46 bits per heavy atom. The SMILES string of the molecule is COc1ccc(C2(C(=O)NCc3c(C)noc3C)CCCC2)cc1. The first kappa shape index (κ1) is 16.6. The largest absolute Gasteiger partial charge is 0.497 e. The number of ether oxygens (including phenoxy) is 1. The van der Waals surface area contributed by atoms with Gasteiger partial charge in [0.05, 0.1) is 18.2 Å². The van der Waals surface area contributed by atoms with Crippen molar-refractivity contribution in [3.8, 4) is 5.75 Å². The van der Waals surface area contributed by atoms with Gasteiger partial charge in [0.15, 0.2) is 0 Å². The molecule has 0 unspecified atom stereocenters. The molecule has 3 rings (SSSR count). The molecule has 5 heteroatoms. The summed E-state index contributed by atoms with van der Waals surface area (Å²) in [5, 5.41) is 7.05. The fourth-order valence-corrected chi connectivity index (χ4v) is 3.63. The van der Waals surface area contributed by atoms with E-state index in [1.54, 1.807) is 7.11 Å². The quantitative estimate of drug-likeness (QED) is 0.913. The lowest BCUT2D eigenvalue weighted by Gasteiger charge is -2.28. The number of carbonyl (C=O) groups excluding carboxylic acids is 1. The minimum atomic E-state index is -0.439. The smallest absolute Gasteiger partial charge is 0.230 e. The van der Waals surface area contributed by atoms with E-state index in [9.17, 15) is 4.79 Å². The molecule has 0 radical (unpaired) electrons. The van der Waals surface area contributed by atoms with Crippen LogP contribution in [0.4, 0.5) is 0 Å². The highest BCUT2D eigenvalue weighted by Crippen LogP contribution is 2.42. The molecule has 1 N–H and O–H groups in total. The van der Waals surface area contributed by atoms with Crippen LogP contribution in [-0.4, -0.2) is 18.2 Å². The molecule has 2 aromatic rings. The standard InChI is InChI=1S/C19H24N2O3/c1-13-17(14(2)24-21-13)12-20-18(22)19(10-4-5-11-19)15-6-8-16(23-3)9-7-15/h6-9H,4-5,10-12H2,1-3H3,(H,20,22). The third kappa shape index (κ3) is 2.90. The van der Waals surface area contributed by atoms with Gasteiger partial charge in [-0.25, -0.2) is 0 Å². The third-order valence-electron chi connectivity index (χ3n) is 5.14. The Bertz CT molecular complexity index is 693. The molecule has 1 aliphatic carbocycles. The van der Waals surface area contributed by atoms with Crippen molar-refractivity contribution in [2.75, 3.05) is 7.11 Å². The summed E-state index contributed by atoms with van der Waals surface area (Å²) in [5.74, 6) is 1.66. The number of nitrogens with one attached hydrogen (secondary N) is 1. The molecule has 5 nitrogen and oxygen atoms in total. The van der Waals surface area contributed by atoms with E-state index in [4.69, 9.17) is 9.26 Å². The van der Waals surface area contributed by atoms with E-state index < -0.39 is 5.41 Å². The van der Waals surface area contributed by atoms with Crippen LogP contribution in [0.1, 0.15) is 48.3 Å². The number of hydrogen-bond acceptors (Lipinski definition) is 4. The van der Waals surface area contributed by atoms with Gasteiger partial charge in [0.25, 0.3) is 0 Å². The van der Waals surface area contributed by atoms with Gasteiger partial charge in [0.1, 0.15) is 11.5 Å². The van der Waals surface area contributed by atoms with Gasteiger partial charge in [0.2, 0.25) is 5.91 Å². The fourth-order valence-electron chi connectivity index (χ4n) is 3.63. The highest BCUT2D eigenvalue weighted by Gasteiger charge is 2.42. The molecule has 1 fully saturated rings. The van der Waals surface area contributed by atoms with Crippen LogP contribution in [0.25, 0.3) is 0 Å². The van der Waals surface area contributed by atoms with Gasteiger partial charge in [-0.3, -0.25) is 4.79 Å². The summed E-state index contributed by atoms with van der Waals surface area (Å²) in [6.45, 7) is 4.22. The van der Waals surface area contributed by atoms with Crippen molar-refractivity contribution in [2.45, 2.75) is 51.5 Å². The van der Waals surface area contributed by atoms with Crippen LogP contribution in [0.5, 0.6) is 5.75 Å². The van der Waals surface area contributed by atoms with Crippen molar-refractivity contribution in [1.29, 1.82) is 0 Å². The van der Waals surface area contributed by atoms with Crippen LogP contribution < -0.4 is 10.1 Å². The number of aryl methyl sites for hydroxylation is 2. The summed E-state index contributed by atoms with van der Waals surface area (Å²) in [5.41, 5.74) is 2.42. The molecule has 0 aliphatic heterocycles. The van der Waals surface area contributed by atoms with Gasteiger partial charge in [-0.1, -0.05) is 30.1 Å². The van der Waals surface area contributed by atoms with E-state index in [2.05, 4.69) is 10.5 Å². The zero-order valence-electron chi connectivity index (χ0n) is 14.5. The molecule has 1 aromatic carbocycles. The monoisotopic (exact) mass is 328 g/mol. The summed E-state index contributed by atoms with van der Waals surface area (Å²) < 4.78 is 10.4. The van der Waals surface area contributed by atoms with Gasteiger partial charge >= 0.3 is 0 Å². The first-order valence-electron chi connectivity index (χ1n) is 8.41. The van der Waals surface area contributed by atoms with Gasteiger partial charge in [0, 0.05) is 12.1 Å². The molecule has 128 valence electrons. The lowest BCUT2D eigenvalue weighted by atomic mass is 9.78. The number of benzene rings is 1. The molecule has 24 heavy (non-hydrogen) atoms. The average Bonchev–Trinajstić information content (AvgIpc) is 3.21. The van der Waals surface area contributed by atoms with E-state index >= 15 is 0 Å². The molecule has 0 saturated heterocycles. The average molecular weight is 328 g/mol. The summed E-state index contributed by atoms with van der Waals surface area (Å²) >= 11 is 0. The topological polar surface area (TPSA) is 64.4 Å². The normalized spacial score (nSPS) is 16.1. The first-order chi connectivity index (χ1) is 11.6. The van der Waals surface area contributed by atoms with Crippen LogP contribution in [0.15, 0.2) is 28.8 Å². The van der Waals surface area contributed by atoms with Crippen molar-refractivity contribution in [2.24, 2.45) is 0 Å². The molecule has 1 amide bonds. The van der Waals surface area contributed by atoms with Crippen LogP contribution in [-0.2, 0) is 16.8 Å². The van der Waals surface area contributed by atoms with E-state index in [0.29, 0.717) is 6.54 Å². The van der Waals surface area contributed by atoms with Crippen molar-refractivity contribution in [3.63, 3.8) is 0 Å². The van der Waals surface area contributed by atoms with Gasteiger partial charge in [-0.2, -0.15) is 0 Å². The zero-order chi connectivity index (χ0) is 17.2. The Kier molecular flexibility index (Phi) is 4.60. The number of rotatable bonds is 5. The molecule has 1 saturated carbocycles. The van der Waals surface area contributed by atoms with Crippen LogP contribution in [0, 0.1) is 13.8 Å². The van der Waals surface area contributed by atoms with Gasteiger partial charge in [-0.05, 0) is 44.4 Å². The predicted octanol–water partition coefficient (Wildman–Crippen LogP) is 3.43. The summed E-state index contributed by atoms with van der Waals surface area (Å²) in [6.07, 6.45) is 3.91. The Labute approximate surface area is 142 Å². The van der Waals surface area contributed by atoms with E-state index in [1.165, 1.54) is 0 Å². The highest BCUT2D eigenvalue weighted by molar-refractivity contribution is 5.88. The number of methoxy groups -OCH3 is 1. The molecule has 1 heterocycles. The Morgan fingerprint density at radius 2 is 1.92 bits per heavy atom. The number of aromatic nitrogens is 1. The minimum Gasteiger partial charge on any atom is -0.497 e. The van der Waals surface area contributed by atoms with Crippen molar-refractivity contribution in [3.05, 3.63) is 46.8 Å². The molecule has 0 spiro atoms. The number of carbonyl (C=O) groups is 1. The maximum absolute atomic E-state index is 13.0. The Morgan fingerprint density at radius 1 is 1.25 bits per heavy atom. The second kappa shape index (κ2) is 6.67. The van der Waals surface area contributed by atoms with E-state index in [1.807, 2.05) is 38.1 Å². The van der Waals surface area contributed by atoms with Gasteiger partial charge < -0.3 is 14.6 Å². The number of hydrogen-bond donors (Lipinski definition) is 1. The van der Waals surface area contributed by atoms with Crippen LogP contribution in [0.2, 0.25) is 0 Å². The summed E-state index contributed by atoms with van der Waals surface area (Å²) in [4.78, 5) is 13.0. The second-order valence-corrected chi connectivity index (χ2v) is 6.50. The lowest BCUT2D eigenvalue weighted by molar-refractivity contribution is -0.126. The lowest BCUT2D eigenvalue weighted by Crippen LogP contribution is -2.42. The highest BCUT2D eigenvalue weighted by atomic mass is 16.5. The van der Waals surface area contributed by atoms with Crippen molar-refractivity contribution < 1.29 is 14.1 Å². The number of nitrogens with zero attached hydrogens (tertiary/aromatic N) is 1. The predicted molar refractivity (Wildman–Crippen MR) is 91.0 cm³/mol. The fraction of sp³-hybridized carbons (Fsp3) is 0.474. The molecule has 0 atom stereocenters. The molecule has 1 aromatic heterocycles. The maximum Gasteiger partial charge on any atom is 0.230 e. The minimum absolute atomic E-state index is 0.0881. The molecular formula is C19H24N2O3. The molecule has 0 bridgehead atoms. The maximum atomic E-state index is 13.0. The summed E-state index contributed by atoms with van der Waals surface area (Å²) in [7, 11) is 1.65. The van der Waals surface area contributed by atoms with Crippen molar-refractivity contribution in [1.82, 2.24) is 10.5 Å². The van der Waals surface area contributed by atoms with Crippen molar-refractivity contribution >= 4 is 5.91 Å². The zero-order valence-corrected chi connectivity index (χ0v) is 14.5. The second-order valence-electron chi connectivity index (χ2n) is 6.50. The number of amides is 1. The molecular weight excluding hydrogens is 304 g/mol. The first-order valence-corrected chi connectivity index (χ1v) is 8.41. The molecule has 1 aliphatic rings. The Balaban J connectivity index is 1.80. The van der Waals surface area contributed by atoms with Gasteiger partial charge in [-0.15, -0.1) is 0 Å². The van der Waals surface area contributed by atoms with E-state index in [-0.39, 0.29) is 5.91 Å².